The van der Waals surface area contributed by atoms with Gasteiger partial charge in [-0.1, -0.05) is 0 Å². The van der Waals surface area contributed by atoms with Crippen LogP contribution in [0.2, 0.25) is 0 Å². The molecule has 3 unspecified atom stereocenters. The molecule has 2 N–H and O–H groups in total. The fourth-order valence-electron chi connectivity index (χ4n) is 1.92. The van der Waals surface area contributed by atoms with Gasteiger partial charge >= 0.3 is 0 Å². The van der Waals surface area contributed by atoms with Gasteiger partial charge in [0.15, 0.2) is 0 Å². The van der Waals surface area contributed by atoms with Crippen LogP contribution in [0.25, 0.3) is 0 Å². The first-order chi connectivity index (χ1) is 8.70. The second-order valence-corrected chi connectivity index (χ2v) is 5.58. The molecule has 18 heavy (non-hydrogen) atoms. The minimum atomic E-state index is -0.0283. The van der Waals surface area contributed by atoms with Crippen molar-refractivity contribution in [3.8, 4) is 5.75 Å². The van der Waals surface area contributed by atoms with E-state index in [4.69, 9.17) is 19.9 Å². The van der Waals surface area contributed by atoms with Crippen molar-refractivity contribution in [2.45, 2.75) is 24.7 Å². The molecule has 1 aromatic carbocycles. The van der Waals surface area contributed by atoms with Gasteiger partial charge in [-0.15, -0.1) is 0 Å². The van der Waals surface area contributed by atoms with Gasteiger partial charge in [0.1, 0.15) is 18.0 Å². The second-order valence-electron chi connectivity index (χ2n) is 4.34. The van der Waals surface area contributed by atoms with Crippen LogP contribution in [-0.2, 0) is 9.47 Å². The highest BCUT2D eigenvalue weighted by atomic mass is 127. The number of ether oxygens (including phenoxy) is 3. The Morgan fingerprint density at radius 1 is 1.28 bits per heavy atom. The van der Waals surface area contributed by atoms with Gasteiger partial charge in [-0.05, 0) is 46.9 Å². The van der Waals surface area contributed by atoms with Gasteiger partial charge in [0.25, 0.3) is 0 Å². The molecule has 1 aromatic rings. The maximum absolute atomic E-state index is 5.93. The van der Waals surface area contributed by atoms with Gasteiger partial charge in [-0.2, -0.15) is 0 Å². The second kappa shape index (κ2) is 6.70. The maximum Gasteiger partial charge on any atom is 0.128 e. The summed E-state index contributed by atoms with van der Waals surface area (Å²) in [6.45, 7) is 1.14. The van der Waals surface area contributed by atoms with Crippen molar-refractivity contribution >= 4 is 22.6 Å². The van der Waals surface area contributed by atoms with Crippen LogP contribution >= 0.6 is 22.6 Å². The van der Waals surface area contributed by atoms with Crippen molar-refractivity contribution in [3.05, 3.63) is 27.8 Å². The third-order valence-corrected chi connectivity index (χ3v) is 3.71. The Balaban J connectivity index is 1.83. The first-order valence-electron chi connectivity index (χ1n) is 5.99. The molecule has 0 amide bonds. The summed E-state index contributed by atoms with van der Waals surface area (Å²) in [5, 5.41) is 0. The van der Waals surface area contributed by atoms with Crippen molar-refractivity contribution in [2.75, 3.05) is 20.3 Å². The molecular weight excluding hydrogens is 345 g/mol. The standard InChI is InChI=1S/C13H18INO3/c1-16-6-7-17-13-11(15)8-12(13)18-10-4-2-9(14)3-5-10/h2-5,11-13H,6-8,15H2,1H3. The number of methoxy groups -OCH3 is 1. The van der Waals surface area contributed by atoms with Crippen LogP contribution in [0.15, 0.2) is 24.3 Å². The van der Waals surface area contributed by atoms with E-state index in [0.717, 1.165) is 12.2 Å². The van der Waals surface area contributed by atoms with Crippen LogP contribution in [0.5, 0.6) is 5.75 Å². The van der Waals surface area contributed by atoms with Crippen LogP contribution in [-0.4, -0.2) is 38.6 Å². The monoisotopic (exact) mass is 363 g/mol. The molecule has 5 heteroatoms. The molecule has 0 heterocycles. The third kappa shape index (κ3) is 3.57. The van der Waals surface area contributed by atoms with Crippen molar-refractivity contribution in [3.63, 3.8) is 0 Å². The Kier molecular flexibility index (Phi) is 5.23. The molecule has 2 rings (SSSR count). The third-order valence-electron chi connectivity index (χ3n) is 2.99. The van der Waals surface area contributed by atoms with E-state index in [-0.39, 0.29) is 18.2 Å². The van der Waals surface area contributed by atoms with E-state index in [1.807, 2.05) is 24.3 Å². The zero-order valence-corrected chi connectivity index (χ0v) is 12.5. The van der Waals surface area contributed by atoms with Crippen LogP contribution in [0.4, 0.5) is 0 Å². The SMILES string of the molecule is COCCOC1C(N)CC1Oc1ccc(I)cc1. The molecule has 4 nitrogen and oxygen atoms in total. The van der Waals surface area contributed by atoms with E-state index >= 15 is 0 Å². The predicted molar refractivity (Wildman–Crippen MR) is 77.8 cm³/mol. The summed E-state index contributed by atoms with van der Waals surface area (Å²) in [6, 6.07) is 8.05. The molecule has 1 aliphatic rings. The van der Waals surface area contributed by atoms with E-state index < -0.39 is 0 Å². The van der Waals surface area contributed by atoms with Gasteiger partial charge in [0.2, 0.25) is 0 Å². The molecule has 1 fully saturated rings. The van der Waals surface area contributed by atoms with Crippen molar-refractivity contribution in [2.24, 2.45) is 5.73 Å². The summed E-state index contributed by atoms with van der Waals surface area (Å²) in [5.74, 6) is 0.868. The number of benzene rings is 1. The largest absolute Gasteiger partial charge is 0.488 e. The van der Waals surface area contributed by atoms with Gasteiger partial charge in [-0.3, -0.25) is 0 Å². The fourth-order valence-corrected chi connectivity index (χ4v) is 2.28. The molecule has 0 bridgehead atoms. The molecule has 1 aliphatic carbocycles. The van der Waals surface area contributed by atoms with Crippen LogP contribution in [0, 0.1) is 3.57 Å². The zero-order valence-electron chi connectivity index (χ0n) is 10.3. The molecule has 0 aliphatic heterocycles. The molecule has 100 valence electrons. The van der Waals surface area contributed by atoms with Crippen molar-refractivity contribution < 1.29 is 14.2 Å². The normalized spacial score (nSPS) is 26.7. The molecule has 1 saturated carbocycles. The Hall–Kier alpha value is -0.370. The number of nitrogens with two attached hydrogens (primary N) is 1. The Morgan fingerprint density at radius 2 is 2.00 bits per heavy atom. The van der Waals surface area contributed by atoms with Crippen LogP contribution in [0.3, 0.4) is 0 Å². The topological polar surface area (TPSA) is 53.7 Å². The molecule has 0 spiro atoms. The summed E-state index contributed by atoms with van der Waals surface area (Å²) < 4.78 is 17.7. The number of rotatable bonds is 6. The summed E-state index contributed by atoms with van der Waals surface area (Å²) in [5.41, 5.74) is 5.93. The highest BCUT2D eigenvalue weighted by Gasteiger charge is 2.41. The first kappa shape index (κ1) is 14.0. The Bertz CT molecular complexity index is 371. The van der Waals surface area contributed by atoms with Crippen molar-refractivity contribution in [1.82, 2.24) is 0 Å². The molecular formula is C13H18INO3. The predicted octanol–water partition coefficient (Wildman–Crippen LogP) is 1.80. The summed E-state index contributed by atoms with van der Waals surface area (Å²) in [7, 11) is 1.66. The Morgan fingerprint density at radius 3 is 2.61 bits per heavy atom. The number of halogens is 1. The molecule has 0 radical (unpaired) electrons. The lowest BCUT2D eigenvalue weighted by atomic mass is 9.86. The highest BCUT2D eigenvalue weighted by Crippen LogP contribution is 2.28. The minimum absolute atomic E-state index is 0.0283. The lowest BCUT2D eigenvalue weighted by molar-refractivity contribution is -0.107. The van der Waals surface area contributed by atoms with Crippen molar-refractivity contribution in [1.29, 1.82) is 0 Å². The average Bonchev–Trinajstić information content (AvgIpc) is 2.36. The minimum Gasteiger partial charge on any atom is -0.488 e. The molecule has 0 aromatic heterocycles. The average molecular weight is 363 g/mol. The zero-order chi connectivity index (χ0) is 13.0. The number of hydrogen-bond acceptors (Lipinski definition) is 4. The maximum atomic E-state index is 5.93. The smallest absolute Gasteiger partial charge is 0.128 e. The summed E-state index contributed by atoms with van der Waals surface area (Å²) in [6.07, 6.45) is 0.861. The quantitative estimate of drug-likeness (QED) is 0.619. The van der Waals surface area contributed by atoms with Gasteiger partial charge in [0, 0.05) is 23.1 Å². The van der Waals surface area contributed by atoms with E-state index in [1.165, 1.54) is 3.57 Å². The van der Waals surface area contributed by atoms with E-state index in [0.29, 0.717) is 13.2 Å². The molecule has 3 atom stereocenters. The van der Waals surface area contributed by atoms with Gasteiger partial charge in [0.05, 0.1) is 13.2 Å². The van der Waals surface area contributed by atoms with Crippen LogP contribution in [0.1, 0.15) is 6.42 Å². The lowest BCUT2D eigenvalue weighted by Crippen LogP contribution is -2.59. The van der Waals surface area contributed by atoms with E-state index in [2.05, 4.69) is 22.6 Å². The Labute approximate surface area is 121 Å². The summed E-state index contributed by atoms with van der Waals surface area (Å²) >= 11 is 2.27. The number of hydrogen-bond donors (Lipinski definition) is 1. The van der Waals surface area contributed by atoms with E-state index in [9.17, 15) is 0 Å². The van der Waals surface area contributed by atoms with Gasteiger partial charge in [-0.25, -0.2) is 0 Å². The van der Waals surface area contributed by atoms with Gasteiger partial charge < -0.3 is 19.9 Å². The summed E-state index contributed by atoms with van der Waals surface area (Å²) in [4.78, 5) is 0. The molecule has 0 saturated heterocycles. The van der Waals surface area contributed by atoms with E-state index in [1.54, 1.807) is 7.11 Å². The first-order valence-corrected chi connectivity index (χ1v) is 7.07. The lowest BCUT2D eigenvalue weighted by Gasteiger charge is -2.41. The van der Waals surface area contributed by atoms with Crippen LogP contribution < -0.4 is 10.5 Å². The fraction of sp³-hybridized carbons (Fsp3) is 0.538. The highest BCUT2D eigenvalue weighted by molar-refractivity contribution is 14.1.